The maximum absolute atomic E-state index is 12.4. The lowest BCUT2D eigenvalue weighted by Gasteiger charge is -2.48. The molecule has 0 amide bonds. The molecule has 2 heterocycles. The van der Waals surface area contributed by atoms with E-state index in [0.717, 1.165) is 0 Å². The molecule has 2 rings (SSSR count). The van der Waals surface area contributed by atoms with E-state index in [-0.39, 0.29) is 0 Å². The zero-order chi connectivity index (χ0) is 30.5. The smallest absolute Gasteiger partial charge is 0.392 e. The van der Waals surface area contributed by atoms with Crippen molar-refractivity contribution in [3.63, 3.8) is 0 Å². The number of aliphatic hydroxyl groups excluding tert-OH is 5. The molecule has 0 spiro atoms. The van der Waals surface area contributed by atoms with E-state index in [1.807, 2.05) is 0 Å². The minimum absolute atomic E-state index is 0.355. The number of ether oxygens (including phenoxy) is 1. The first-order valence-electron chi connectivity index (χ1n) is 10.6. The van der Waals surface area contributed by atoms with Crippen LogP contribution in [0.5, 0.6) is 0 Å². The van der Waals surface area contributed by atoms with Crippen LogP contribution in [0.15, 0.2) is 12.2 Å². The predicted molar refractivity (Wildman–Crippen MR) is 107 cm³/mol. The van der Waals surface area contributed by atoms with Gasteiger partial charge in [-0.05, 0) is 0 Å². The molecule has 21 nitrogen and oxygen atoms in total. The van der Waals surface area contributed by atoms with Crippen LogP contribution in [0.2, 0.25) is 0 Å². The van der Waals surface area contributed by atoms with Crippen LogP contribution in [0, 0.1) is 0 Å². The monoisotopic (exact) mass is 586 g/mol. The van der Waals surface area contributed by atoms with Gasteiger partial charge in [-0.15, -0.1) is 0 Å². The van der Waals surface area contributed by atoms with Gasteiger partial charge in [-0.2, -0.15) is 0 Å². The van der Waals surface area contributed by atoms with Gasteiger partial charge in [0, 0.05) is 12.2 Å². The first-order chi connectivity index (χ1) is 18.5. The van der Waals surface area contributed by atoms with Crippen LogP contribution in [0.4, 0.5) is 0 Å². The molecule has 8 N–H and O–H groups in total. The Bertz CT molecular complexity index is 1050. The molecule has 0 aromatic rings. The zero-order valence-electron chi connectivity index (χ0n) is 19.7. The summed E-state index contributed by atoms with van der Waals surface area (Å²) in [6.07, 6.45) is -12.2. The molecule has 21 heteroatoms. The summed E-state index contributed by atoms with van der Waals surface area (Å²) in [5, 5.41) is 79.6. The second-order valence-corrected chi connectivity index (χ2v) is 8.23. The molecule has 224 valence electrons. The van der Waals surface area contributed by atoms with Crippen LogP contribution in [0.3, 0.4) is 0 Å². The van der Waals surface area contributed by atoms with Crippen LogP contribution in [-0.2, 0) is 62.8 Å². The Balaban J connectivity index is 2.16. The molecular weight excluding hydrogens is 564 g/mol. The third-order valence-corrected chi connectivity index (χ3v) is 5.30. The Kier molecular flexibility index (Phi) is 10.2. The van der Waals surface area contributed by atoms with E-state index in [9.17, 15) is 69.6 Å². The first-order valence-corrected chi connectivity index (χ1v) is 10.6. The number of carbonyl (C=O) groups is 6. The Hall–Kier alpha value is -3.80. The van der Waals surface area contributed by atoms with Gasteiger partial charge in [-0.1, -0.05) is 0 Å². The Morgan fingerprint density at radius 3 is 2.05 bits per heavy atom. The van der Waals surface area contributed by atoms with Crippen molar-refractivity contribution < 1.29 is 104 Å². The lowest BCUT2D eigenvalue weighted by Crippen LogP contribution is -2.72. The maximum Gasteiger partial charge on any atom is 0.392 e. The molecule has 0 bridgehead atoms. The molecule has 1 saturated heterocycles. The van der Waals surface area contributed by atoms with E-state index in [0.29, 0.717) is 12.2 Å². The second kappa shape index (κ2) is 12.6. The van der Waals surface area contributed by atoms with Gasteiger partial charge < -0.3 is 45.6 Å². The van der Waals surface area contributed by atoms with Crippen LogP contribution in [0.1, 0.15) is 12.8 Å². The van der Waals surface area contributed by atoms with Gasteiger partial charge in [0.05, 0.1) is 26.1 Å². The van der Waals surface area contributed by atoms with Crippen molar-refractivity contribution in [2.45, 2.75) is 54.2 Å². The van der Waals surface area contributed by atoms with E-state index < -0.39 is 103 Å². The minimum atomic E-state index is -3.48. The first kappa shape index (κ1) is 32.4. The standard InChI is InChI=1S/C19H22O21/c20-5-18(32,14-12(27)11(26)13(28)19(33,6-21)34-14)16(30)40-38-10(25)4-17(31)3-9(24)37-35-7(22)1-2-8(23)36-39-15(17)29/h1-2,11-14,20-21,26-28,31-33H,3-6H2/b2-1+/t11-,12+,13+,14?,17?,18?,19+/m1/s1. The normalized spacial score (nSPS) is 33.9. The number of hydrogen-bond donors (Lipinski definition) is 8. The summed E-state index contributed by atoms with van der Waals surface area (Å²) in [5.41, 5.74) is -6.79. The summed E-state index contributed by atoms with van der Waals surface area (Å²) in [6, 6.07) is 0. The number of carbonyl (C=O) groups excluding carboxylic acids is 6. The highest BCUT2D eigenvalue weighted by Crippen LogP contribution is 2.34. The van der Waals surface area contributed by atoms with Crippen LogP contribution < -0.4 is 0 Å². The van der Waals surface area contributed by atoms with E-state index in [2.05, 4.69) is 29.3 Å². The van der Waals surface area contributed by atoms with Gasteiger partial charge >= 0.3 is 35.8 Å². The quantitative estimate of drug-likeness (QED) is 0.106. The Morgan fingerprint density at radius 2 is 1.50 bits per heavy atom. The highest BCUT2D eigenvalue weighted by Gasteiger charge is 2.61. The van der Waals surface area contributed by atoms with Gasteiger partial charge in [0.25, 0.3) is 0 Å². The molecule has 0 saturated carbocycles. The Morgan fingerprint density at radius 1 is 0.925 bits per heavy atom. The van der Waals surface area contributed by atoms with Crippen LogP contribution in [0.25, 0.3) is 0 Å². The molecule has 0 aromatic heterocycles. The molecule has 40 heavy (non-hydrogen) atoms. The number of aliphatic hydroxyl groups is 8. The average molecular weight is 586 g/mol. The Labute approximate surface area is 220 Å². The van der Waals surface area contributed by atoms with E-state index in [1.165, 1.54) is 0 Å². The molecule has 0 radical (unpaired) electrons. The highest BCUT2D eigenvalue weighted by atomic mass is 17.2. The number of hydrogen-bond acceptors (Lipinski definition) is 21. The molecule has 7 atom stereocenters. The zero-order valence-corrected chi connectivity index (χ0v) is 19.7. The molecule has 2 aliphatic heterocycles. The summed E-state index contributed by atoms with van der Waals surface area (Å²) >= 11 is 0. The molecular formula is C19H22O21. The molecule has 3 unspecified atom stereocenters. The van der Waals surface area contributed by atoms with Gasteiger partial charge in [0.2, 0.25) is 11.4 Å². The second-order valence-electron chi connectivity index (χ2n) is 8.23. The third-order valence-electron chi connectivity index (χ3n) is 5.30. The molecule has 0 aromatic carbocycles. The summed E-state index contributed by atoms with van der Waals surface area (Å²) in [7, 11) is 0. The summed E-state index contributed by atoms with van der Waals surface area (Å²) < 4.78 is 4.71. The van der Waals surface area contributed by atoms with Crippen molar-refractivity contribution in [3.8, 4) is 0 Å². The average Bonchev–Trinajstić information content (AvgIpc) is 2.91. The summed E-state index contributed by atoms with van der Waals surface area (Å²) in [5.74, 6) is -13.7. The molecule has 1 fully saturated rings. The van der Waals surface area contributed by atoms with Gasteiger partial charge in [0.1, 0.15) is 24.4 Å². The highest BCUT2D eigenvalue weighted by molar-refractivity contribution is 5.94. The van der Waals surface area contributed by atoms with Crippen LogP contribution in [-0.4, -0.2) is 131 Å². The third kappa shape index (κ3) is 7.04. The van der Waals surface area contributed by atoms with E-state index >= 15 is 0 Å². The van der Waals surface area contributed by atoms with E-state index in [4.69, 9.17) is 4.74 Å². The fraction of sp³-hybridized carbons (Fsp3) is 0.579. The lowest BCUT2D eigenvalue weighted by molar-refractivity contribution is -0.378. The minimum Gasteiger partial charge on any atom is -0.393 e. The van der Waals surface area contributed by atoms with Gasteiger partial charge in [-0.25, -0.2) is 58.1 Å². The summed E-state index contributed by atoms with van der Waals surface area (Å²) in [4.78, 5) is 95.1. The lowest BCUT2D eigenvalue weighted by atomic mass is 9.84. The SMILES string of the molecule is O=C1/C=C/C(=O)OOC(=O)C(O)(CC(=O)OOC(=O)C(O)(CO)C2O[C@@](O)(CO)[C@@H](O)[C@H](O)[C@@H]2O)CC(=O)OO1. The van der Waals surface area contributed by atoms with Crippen molar-refractivity contribution >= 4 is 35.8 Å². The van der Waals surface area contributed by atoms with Gasteiger partial charge in [-0.3, -0.25) is 0 Å². The maximum atomic E-state index is 12.4. The fourth-order valence-electron chi connectivity index (χ4n) is 3.11. The van der Waals surface area contributed by atoms with Crippen molar-refractivity contribution in [1.82, 2.24) is 0 Å². The molecule has 2 aliphatic rings. The van der Waals surface area contributed by atoms with Crippen LogP contribution >= 0.6 is 0 Å². The van der Waals surface area contributed by atoms with E-state index in [1.54, 1.807) is 0 Å². The number of rotatable bonds is 6. The van der Waals surface area contributed by atoms with Crippen molar-refractivity contribution in [2.75, 3.05) is 13.2 Å². The molecule has 0 aliphatic carbocycles. The van der Waals surface area contributed by atoms with Crippen molar-refractivity contribution in [2.24, 2.45) is 0 Å². The van der Waals surface area contributed by atoms with Crippen molar-refractivity contribution in [1.29, 1.82) is 0 Å². The van der Waals surface area contributed by atoms with Crippen molar-refractivity contribution in [3.05, 3.63) is 12.2 Å². The summed E-state index contributed by atoms with van der Waals surface area (Å²) in [6.45, 7) is -3.18. The largest absolute Gasteiger partial charge is 0.393 e. The fourth-order valence-corrected chi connectivity index (χ4v) is 3.11. The topological polar surface area (TPSA) is 329 Å². The predicted octanol–water partition coefficient (Wildman–Crippen LogP) is -7.04. The van der Waals surface area contributed by atoms with Gasteiger partial charge in [0.15, 0.2) is 5.60 Å².